The van der Waals surface area contributed by atoms with Crippen molar-refractivity contribution >= 4 is 23.9 Å². The molecule has 5 saturated heterocycles. The van der Waals surface area contributed by atoms with Crippen molar-refractivity contribution in [2.24, 2.45) is 23.7 Å². The van der Waals surface area contributed by atoms with Gasteiger partial charge in [-0.15, -0.1) is 0 Å². The molecule has 0 N–H and O–H groups in total. The molecule has 0 aromatic carbocycles. The third-order valence-electron chi connectivity index (χ3n) is 11.9. The Bertz CT molecular complexity index is 1040. The highest BCUT2D eigenvalue weighted by Crippen LogP contribution is 2.34. The van der Waals surface area contributed by atoms with Gasteiger partial charge in [0.15, 0.2) is 0 Å². The first-order chi connectivity index (χ1) is 24.7. The summed E-state index contributed by atoms with van der Waals surface area (Å²) in [5, 5.41) is 0. The van der Waals surface area contributed by atoms with Crippen molar-refractivity contribution in [3.8, 4) is 0 Å². The second-order valence-corrected chi connectivity index (χ2v) is 16.6. The van der Waals surface area contributed by atoms with Crippen molar-refractivity contribution in [2.45, 2.75) is 206 Å². The number of carbonyl (C=O) groups excluding carboxylic acids is 4. The molecule has 0 saturated carbocycles. The first-order valence-electron chi connectivity index (χ1n) is 20.1. The molecule has 0 aromatic heterocycles. The average molecular weight is 737 g/mol. The van der Waals surface area contributed by atoms with Crippen molar-refractivity contribution in [3.05, 3.63) is 0 Å². The molecule has 0 aliphatic carbocycles. The Labute approximate surface area is 309 Å². The van der Waals surface area contributed by atoms with Crippen molar-refractivity contribution in [2.75, 3.05) is 0 Å². The van der Waals surface area contributed by atoms with E-state index >= 15 is 0 Å². The standard InChI is InChI=1S/C40H64O12/c1-21-17-29-9-13-34(49-29)26(6)38(42)46-23(3)19-31-11-15-36(51-31)28(8)40(44)48-24(4)20-32-12-16-35(52-32)27(7)39(43)47-22(2)18-30-10-14-33(50-30)25(5)37(41)45-21/h21-36H,9-20H2,1-8H3/t21-,22+,23+,24-,25-,26+,27+,28-,29?,30?,31?,32?,33?,34?,35?,36?. The summed E-state index contributed by atoms with van der Waals surface area (Å²) < 4.78 is 48.4. The van der Waals surface area contributed by atoms with Crippen LogP contribution in [0.2, 0.25) is 0 Å². The number of ether oxygens (including phenoxy) is 8. The van der Waals surface area contributed by atoms with Crippen LogP contribution < -0.4 is 0 Å². The van der Waals surface area contributed by atoms with Gasteiger partial charge in [0.2, 0.25) is 0 Å². The maximum atomic E-state index is 13.1. The first-order valence-corrected chi connectivity index (χ1v) is 20.1. The molecule has 12 nitrogen and oxygen atoms in total. The van der Waals surface area contributed by atoms with E-state index in [0.717, 1.165) is 51.4 Å². The number of cyclic esters (lactones) is 4. The van der Waals surface area contributed by atoms with Gasteiger partial charge < -0.3 is 37.9 Å². The topological polar surface area (TPSA) is 142 Å². The fraction of sp³-hybridized carbons (Fsp3) is 0.900. The Morgan fingerprint density at radius 1 is 0.327 bits per heavy atom. The van der Waals surface area contributed by atoms with Crippen LogP contribution in [0.3, 0.4) is 0 Å². The van der Waals surface area contributed by atoms with Crippen LogP contribution in [0.15, 0.2) is 0 Å². The number of rotatable bonds is 0. The third kappa shape index (κ3) is 10.9. The molecule has 12 heteroatoms. The molecule has 5 fully saturated rings. The van der Waals surface area contributed by atoms with Crippen LogP contribution in [0.5, 0.6) is 0 Å². The van der Waals surface area contributed by atoms with Gasteiger partial charge in [-0.3, -0.25) is 19.2 Å². The zero-order chi connectivity index (χ0) is 37.7. The highest BCUT2D eigenvalue weighted by atomic mass is 16.6. The van der Waals surface area contributed by atoms with Crippen molar-refractivity contribution < 1.29 is 57.1 Å². The van der Waals surface area contributed by atoms with Gasteiger partial charge in [0.25, 0.3) is 0 Å². The molecule has 0 amide bonds. The van der Waals surface area contributed by atoms with E-state index in [-0.39, 0.29) is 97.1 Å². The second-order valence-electron chi connectivity index (χ2n) is 16.6. The van der Waals surface area contributed by atoms with E-state index in [2.05, 4.69) is 0 Å². The summed E-state index contributed by atoms with van der Waals surface area (Å²) in [4.78, 5) is 52.4. The first kappa shape index (κ1) is 40.9. The monoisotopic (exact) mass is 736 g/mol. The zero-order valence-corrected chi connectivity index (χ0v) is 32.6. The van der Waals surface area contributed by atoms with E-state index in [9.17, 15) is 19.2 Å². The van der Waals surface area contributed by atoms with E-state index in [1.807, 2.05) is 55.4 Å². The van der Waals surface area contributed by atoms with Crippen LogP contribution in [-0.2, 0) is 57.1 Å². The Morgan fingerprint density at radius 3 is 0.712 bits per heavy atom. The molecule has 5 aliphatic heterocycles. The van der Waals surface area contributed by atoms with Crippen molar-refractivity contribution in [3.63, 3.8) is 0 Å². The highest BCUT2D eigenvalue weighted by molar-refractivity contribution is 5.74. The lowest BCUT2D eigenvalue weighted by atomic mass is 10.00. The van der Waals surface area contributed by atoms with Gasteiger partial charge in [-0.1, -0.05) is 0 Å². The van der Waals surface area contributed by atoms with Crippen molar-refractivity contribution in [1.29, 1.82) is 0 Å². The predicted molar refractivity (Wildman–Crippen MR) is 189 cm³/mol. The van der Waals surface area contributed by atoms with Crippen LogP contribution in [-0.4, -0.2) is 97.1 Å². The van der Waals surface area contributed by atoms with Crippen molar-refractivity contribution in [1.82, 2.24) is 0 Å². The molecular weight excluding hydrogens is 672 g/mol. The van der Waals surface area contributed by atoms with Crippen LogP contribution in [0, 0.1) is 23.7 Å². The summed E-state index contributed by atoms with van der Waals surface area (Å²) in [6, 6.07) is 0. The number of hydrogen-bond donors (Lipinski definition) is 0. The van der Waals surface area contributed by atoms with Crippen LogP contribution in [0.4, 0.5) is 0 Å². The smallest absolute Gasteiger partial charge is 0.311 e. The van der Waals surface area contributed by atoms with E-state index in [1.54, 1.807) is 0 Å². The normalized spacial score (nSPS) is 45.2. The minimum absolute atomic E-state index is 0.119. The molecule has 8 unspecified atom stereocenters. The minimum atomic E-state index is -0.434. The SMILES string of the molecule is C[C@@H]1CC2CCC(O2)[C@H](C)C(=O)O[C@@H](C)CC2CCC(O2)[C@@H](C)C(=O)O[C@H](C)CC2CCC(O2)[C@H](C)C(=O)O[C@@H](C)CC2CCC(O2)[C@@H](C)C(=O)O1. The lowest BCUT2D eigenvalue weighted by molar-refractivity contribution is -0.161. The Kier molecular flexibility index (Phi) is 14.4. The third-order valence-corrected chi connectivity index (χ3v) is 11.9. The summed E-state index contributed by atoms with van der Waals surface area (Å²) in [5.41, 5.74) is 0. The summed E-state index contributed by atoms with van der Waals surface area (Å²) in [5.74, 6) is -2.93. The van der Waals surface area contributed by atoms with Gasteiger partial charge in [-0.25, -0.2) is 0 Å². The molecule has 0 aromatic rings. The van der Waals surface area contributed by atoms with E-state index in [0.29, 0.717) is 25.7 Å². The van der Waals surface area contributed by atoms with Crippen LogP contribution in [0.25, 0.3) is 0 Å². The number of fused-ring (bicyclic) bond motifs is 8. The summed E-state index contributed by atoms with van der Waals surface area (Å²) in [6.07, 6.45) is 5.22. The predicted octanol–water partition coefficient (Wildman–Crippen LogP) is 6.02. The Hall–Kier alpha value is -2.28. The highest BCUT2D eigenvalue weighted by Gasteiger charge is 2.41. The maximum absolute atomic E-state index is 13.1. The van der Waals surface area contributed by atoms with Gasteiger partial charge in [-0.2, -0.15) is 0 Å². The molecular formula is C40H64O12. The molecule has 0 spiro atoms. The summed E-state index contributed by atoms with van der Waals surface area (Å²) >= 11 is 0. The molecule has 296 valence electrons. The summed E-state index contributed by atoms with van der Waals surface area (Å²) in [7, 11) is 0. The quantitative estimate of drug-likeness (QED) is 0.212. The van der Waals surface area contributed by atoms with Crippen LogP contribution >= 0.6 is 0 Å². The molecule has 8 bridgehead atoms. The molecule has 5 rings (SSSR count). The van der Waals surface area contributed by atoms with Gasteiger partial charge >= 0.3 is 23.9 Å². The van der Waals surface area contributed by atoms with Gasteiger partial charge in [-0.05, 0) is 107 Å². The van der Waals surface area contributed by atoms with Gasteiger partial charge in [0.05, 0.1) is 72.5 Å². The fourth-order valence-corrected chi connectivity index (χ4v) is 8.60. The minimum Gasteiger partial charge on any atom is -0.462 e. The average Bonchev–Trinajstić information content (AvgIpc) is 3.91. The Balaban J connectivity index is 1.19. The van der Waals surface area contributed by atoms with E-state index < -0.39 is 23.7 Å². The second kappa shape index (κ2) is 18.4. The molecule has 16 atom stereocenters. The maximum Gasteiger partial charge on any atom is 0.311 e. The number of esters is 4. The van der Waals surface area contributed by atoms with E-state index in [4.69, 9.17) is 37.9 Å². The van der Waals surface area contributed by atoms with Gasteiger partial charge in [0.1, 0.15) is 24.4 Å². The number of hydrogen-bond acceptors (Lipinski definition) is 12. The molecule has 5 aliphatic rings. The van der Waals surface area contributed by atoms with Gasteiger partial charge in [0, 0.05) is 25.7 Å². The molecule has 0 radical (unpaired) electrons. The summed E-state index contributed by atoms with van der Waals surface area (Å²) in [6.45, 7) is 14.9. The Morgan fingerprint density at radius 2 is 0.519 bits per heavy atom. The zero-order valence-electron chi connectivity index (χ0n) is 32.6. The number of carbonyl (C=O) groups is 4. The molecule has 5 heterocycles. The van der Waals surface area contributed by atoms with Crippen LogP contribution in [0.1, 0.15) is 132 Å². The van der Waals surface area contributed by atoms with E-state index in [1.165, 1.54) is 0 Å². The largest absolute Gasteiger partial charge is 0.462 e. The lowest BCUT2D eigenvalue weighted by Gasteiger charge is -2.26. The lowest BCUT2D eigenvalue weighted by Crippen LogP contribution is -2.34. The molecule has 52 heavy (non-hydrogen) atoms. The fourth-order valence-electron chi connectivity index (χ4n) is 8.60.